The fourth-order valence-electron chi connectivity index (χ4n) is 1.98. The van der Waals surface area contributed by atoms with Gasteiger partial charge in [-0.05, 0) is 30.4 Å². The van der Waals surface area contributed by atoms with Gasteiger partial charge in [-0.15, -0.1) is 0 Å². The van der Waals surface area contributed by atoms with Crippen LogP contribution >= 0.6 is 0 Å². The molecule has 0 radical (unpaired) electrons. The Morgan fingerprint density at radius 2 is 1.50 bits per heavy atom. The van der Waals surface area contributed by atoms with E-state index in [4.69, 9.17) is 0 Å². The topological polar surface area (TPSA) is 0 Å². The zero-order valence-corrected chi connectivity index (χ0v) is 9.98. The van der Waals surface area contributed by atoms with Gasteiger partial charge in [-0.25, -0.2) is 0 Å². The second-order valence-corrected chi connectivity index (χ2v) is 4.50. The Balaban J connectivity index is 2.08. The molecule has 0 aliphatic rings. The van der Waals surface area contributed by atoms with E-state index in [2.05, 4.69) is 68.4 Å². The SMILES string of the molecule is Cc1ccc(C[C@H](C)c2ccccc2)cc1. The molecule has 0 heterocycles. The van der Waals surface area contributed by atoms with Crippen LogP contribution < -0.4 is 0 Å². The summed E-state index contributed by atoms with van der Waals surface area (Å²) in [6.07, 6.45) is 1.12. The third-order valence-electron chi connectivity index (χ3n) is 3.03. The number of aryl methyl sites for hydroxylation is 1. The molecule has 0 fully saturated rings. The lowest BCUT2D eigenvalue weighted by molar-refractivity contribution is 0.759. The van der Waals surface area contributed by atoms with Crippen molar-refractivity contribution >= 4 is 0 Å². The quantitative estimate of drug-likeness (QED) is 0.707. The van der Waals surface area contributed by atoms with Crippen LogP contribution in [0.25, 0.3) is 0 Å². The normalized spacial score (nSPS) is 12.4. The summed E-state index contributed by atoms with van der Waals surface area (Å²) in [5.41, 5.74) is 4.17. The first-order valence-electron chi connectivity index (χ1n) is 5.86. The van der Waals surface area contributed by atoms with Crippen molar-refractivity contribution in [1.82, 2.24) is 0 Å². The van der Waals surface area contributed by atoms with Crippen LogP contribution in [0.5, 0.6) is 0 Å². The van der Waals surface area contributed by atoms with Gasteiger partial charge in [-0.1, -0.05) is 67.1 Å². The smallest absolute Gasteiger partial charge is 0.0150 e. The monoisotopic (exact) mass is 210 g/mol. The van der Waals surface area contributed by atoms with Crippen molar-refractivity contribution in [3.8, 4) is 0 Å². The minimum absolute atomic E-state index is 0.587. The summed E-state index contributed by atoms with van der Waals surface area (Å²) in [6, 6.07) is 19.5. The van der Waals surface area contributed by atoms with E-state index in [1.54, 1.807) is 0 Å². The minimum Gasteiger partial charge on any atom is -0.0622 e. The zero-order valence-electron chi connectivity index (χ0n) is 9.98. The van der Waals surface area contributed by atoms with Crippen molar-refractivity contribution in [3.05, 3.63) is 71.3 Å². The summed E-state index contributed by atoms with van der Waals surface area (Å²) in [4.78, 5) is 0. The second kappa shape index (κ2) is 4.98. The van der Waals surface area contributed by atoms with Crippen LogP contribution in [0, 0.1) is 6.92 Å². The van der Waals surface area contributed by atoms with Gasteiger partial charge in [-0.2, -0.15) is 0 Å². The molecule has 0 amide bonds. The molecule has 0 nitrogen and oxygen atoms in total. The Hall–Kier alpha value is -1.56. The maximum atomic E-state index is 2.29. The Morgan fingerprint density at radius 3 is 2.12 bits per heavy atom. The molecule has 0 saturated carbocycles. The molecule has 1 atom stereocenters. The molecule has 2 aromatic rings. The van der Waals surface area contributed by atoms with Crippen LogP contribution in [0.15, 0.2) is 54.6 Å². The fourth-order valence-corrected chi connectivity index (χ4v) is 1.98. The molecule has 82 valence electrons. The molecular formula is C16H18. The summed E-state index contributed by atoms with van der Waals surface area (Å²) < 4.78 is 0. The van der Waals surface area contributed by atoms with Crippen molar-refractivity contribution < 1.29 is 0 Å². The van der Waals surface area contributed by atoms with E-state index in [1.807, 2.05) is 0 Å². The third-order valence-corrected chi connectivity index (χ3v) is 3.03. The highest BCUT2D eigenvalue weighted by Crippen LogP contribution is 2.20. The number of benzene rings is 2. The van der Waals surface area contributed by atoms with Crippen LogP contribution in [0.3, 0.4) is 0 Å². The zero-order chi connectivity index (χ0) is 11.4. The highest BCUT2D eigenvalue weighted by Gasteiger charge is 2.05. The predicted octanol–water partition coefficient (Wildman–Crippen LogP) is 4.34. The molecule has 0 unspecified atom stereocenters. The summed E-state index contributed by atoms with van der Waals surface area (Å²) in [5.74, 6) is 0.587. The minimum atomic E-state index is 0.587. The van der Waals surface area contributed by atoms with Crippen molar-refractivity contribution in [2.45, 2.75) is 26.2 Å². The van der Waals surface area contributed by atoms with Gasteiger partial charge in [0.1, 0.15) is 0 Å². The van der Waals surface area contributed by atoms with E-state index in [-0.39, 0.29) is 0 Å². The maximum Gasteiger partial charge on any atom is -0.0150 e. The third kappa shape index (κ3) is 2.73. The summed E-state index contributed by atoms with van der Waals surface area (Å²) in [6.45, 7) is 4.42. The Labute approximate surface area is 97.9 Å². The van der Waals surface area contributed by atoms with Crippen LogP contribution in [0.1, 0.15) is 29.5 Å². The van der Waals surface area contributed by atoms with E-state index in [0.29, 0.717) is 5.92 Å². The Bertz CT molecular complexity index is 425. The van der Waals surface area contributed by atoms with E-state index < -0.39 is 0 Å². The summed E-state index contributed by atoms with van der Waals surface area (Å²) >= 11 is 0. The van der Waals surface area contributed by atoms with Crippen LogP contribution in [0.2, 0.25) is 0 Å². The largest absolute Gasteiger partial charge is 0.0622 e. The van der Waals surface area contributed by atoms with Gasteiger partial charge in [0, 0.05) is 0 Å². The molecule has 2 aromatic carbocycles. The van der Waals surface area contributed by atoms with E-state index in [1.165, 1.54) is 16.7 Å². The molecule has 2 rings (SSSR count). The molecule has 0 aromatic heterocycles. The van der Waals surface area contributed by atoms with Crippen molar-refractivity contribution in [1.29, 1.82) is 0 Å². The van der Waals surface area contributed by atoms with Gasteiger partial charge in [0.05, 0.1) is 0 Å². The first kappa shape index (κ1) is 10.9. The molecule has 0 N–H and O–H groups in total. The van der Waals surface area contributed by atoms with Gasteiger partial charge < -0.3 is 0 Å². The Kier molecular flexibility index (Phi) is 3.40. The number of hydrogen-bond acceptors (Lipinski definition) is 0. The lowest BCUT2D eigenvalue weighted by Crippen LogP contribution is -1.97. The second-order valence-electron chi connectivity index (χ2n) is 4.50. The number of hydrogen-bond donors (Lipinski definition) is 0. The van der Waals surface area contributed by atoms with Gasteiger partial charge in [0.25, 0.3) is 0 Å². The fraction of sp³-hybridized carbons (Fsp3) is 0.250. The molecule has 0 heteroatoms. The molecule has 0 saturated heterocycles. The van der Waals surface area contributed by atoms with Gasteiger partial charge >= 0.3 is 0 Å². The molecule has 16 heavy (non-hydrogen) atoms. The molecule has 0 bridgehead atoms. The van der Waals surface area contributed by atoms with Gasteiger partial charge in [0.15, 0.2) is 0 Å². The average molecular weight is 210 g/mol. The molecule has 0 aliphatic heterocycles. The van der Waals surface area contributed by atoms with Crippen molar-refractivity contribution in [2.75, 3.05) is 0 Å². The highest BCUT2D eigenvalue weighted by molar-refractivity contribution is 5.25. The average Bonchev–Trinajstić information content (AvgIpc) is 2.33. The van der Waals surface area contributed by atoms with Crippen molar-refractivity contribution in [3.63, 3.8) is 0 Å². The summed E-state index contributed by atoms with van der Waals surface area (Å²) in [7, 11) is 0. The standard InChI is InChI=1S/C16H18/c1-13-8-10-15(11-9-13)12-14(2)16-6-4-3-5-7-16/h3-11,14H,12H2,1-2H3/t14-/m0/s1. The first-order valence-corrected chi connectivity index (χ1v) is 5.86. The van der Waals surface area contributed by atoms with Crippen molar-refractivity contribution in [2.24, 2.45) is 0 Å². The molecule has 0 spiro atoms. The molecule has 0 aliphatic carbocycles. The number of rotatable bonds is 3. The lowest BCUT2D eigenvalue weighted by Gasteiger charge is -2.11. The lowest BCUT2D eigenvalue weighted by atomic mass is 9.93. The van der Waals surface area contributed by atoms with E-state index >= 15 is 0 Å². The Morgan fingerprint density at radius 1 is 0.875 bits per heavy atom. The molecular weight excluding hydrogens is 192 g/mol. The van der Waals surface area contributed by atoms with Crippen LogP contribution in [0.4, 0.5) is 0 Å². The summed E-state index contributed by atoms with van der Waals surface area (Å²) in [5, 5.41) is 0. The maximum absolute atomic E-state index is 2.29. The highest BCUT2D eigenvalue weighted by atomic mass is 14.1. The van der Waals surface area contributed by atoms with Crippen LogP contribution in [-0.2, 0) is 6.42 Å². The van der Waals surface area contributed by atoms with E-state index in [0.717, 1.165) is 6.42 Å². The van der Waals surface area contributed by atoms with Gasteiger partial charge in [0.2, 0.25) is 0 Å². The first-order chi connectivity index (χ1) is 7.75. The van der Waals surface area contributed by atoms with E-state index in [9.17, 15) is 0 Å². The van der Waals surface area contributed by atoms with Gasteiger partial charge in [-0.3, -0.25) is 0 Å². The predicted molar refractivity (Wildman–Crippen MR) is 69.7 cm³/mol. The van der Waals surface area contributed by atoms with Crippen LogP contribution in [-0.4, -0.2) is 0 Å².